The number of benzene rings is 1. The lowest BCUT2D eigenvalue weighted by atomic mass is 10.2. The van der Waals surface area contributed by atoms with E-state index >= 15 is 0 Å². The first-order valence-corrected chi connectivity index (χ1v) is 6.87. The van der Waals surface area contributed by atoms with E-state index in [1.807, 2.05) is 30.3 Å². The van der Waals surface area contributed by atoms with Crippen molar-refractivity contribution in [1.82, 2.24) is 19.4 Å². The molecule has 108 valence electrons. The number of carbonyl (C=O) groups is 2. The van der Waals surface area contributed by atoms with Gasteiger partial charge in [0.25, 0.3) is 5.91 Å². The maximum absolute atomic E-state index is 12.3. The first kappa shape index (κ1) is 13.4. The van der Waals surface area contributed by atoms with Gasteiger partial charge in [0, 0.05) is 44.1 Å². The topological polar surface area (TPSA) is 58.4 Å². The molecule has 1 fully saturated rings. The van der Waals surface area contributed by atoms with Gasteiger partial charge in [0.2, 0.25) is 0 Å². The monoisotopic (exact) mass is 284 g/mol. The van der Waals surface area contributed by atoms with Gasteiger partial charge in [-0.05, 0) is 12.1 Å². The minimum absolute atomic E-state index is 0.0188. The summed E-state index contributed by atoms with van der Waals surface area (Å²) in [5.41, 5.74) is 0.687. The average Bonchev–Trinajstić information content (AvgIpc) is 3.09. The quantitative estimate of drug-likeness (QED) is 0.793. The van der Waals surface area contributed by atoms with Crippen molar-refractivity contribution >= 4 is 11.9 Å². The minimum atomic E-state index is -0.0979. The molecule has 0 radical (unpaired) electrons. The first-order valence-electron chi connectivity index (χ1n) is 6.87. The molecule has 0 spiro atoms. The minimum Gasteiger partial charge on any atom is -0.335 e. The summed E-state index contributed by atoms with van der Waals surface area (Å²) < 4.78 is 1.45. The smallest absolute Gasteiger partial charge is 0.329 e. The third kappa shape index (κ3) is 2.79. The highest BCUT2D eigenvalue weighted by atomic mass is 16.2. The normalized spacial score (nSPS) is 15.0. The molecule has 0 unspecified atom stereocenters. The lowest BCUT2D eigenvalue weighted by Crippen LogP contribution is -2.51. The van der Waals surface area contributed by atoms with Crippen LogP contribution in [-0.2, 0) is 0 Å². The van der Waals surface area contributed by atoms with Crippen molar-refractivity contribution in [3.8, 4) is 0 Å². The molecule has 1 aromatic carbocycles. The fraction of sp³-hybridized carbons (Fsp3) is 0.267. The molecule has 0 bridgehead atoms. The summed E-state index contributed by atoms with van der Waals surface area (Å²) in [6.07, 6.45) is 4.70. The van der Waals surface area contributed by atoms with Crippen molar-refractivity contribution < 1.29 is 9.59 Å². The Morgan fingerprint density at radius 2 is 1.62 bits per heavy atom. The Morgan fingerprint density at radius 3 is 2.24 bits per heavy atom. The van der Waals surface area contributed by atoms with Crippen molar-refractivity contribution in [2.24, 2.45) is 0 Å². The van der Waals surface area contributed by atoms with Gasteiger partial charge in [-0.3, -0.25) is 9.36 Å². The molecule has 6 nitrogen and oxygen atoms in total. The van der Waals surface area contributed by atoms with Crippen LogP contribution in [0.4, 0.5) is 4.79 Å². The summed E-state index contributed by atoms with van der Waals surface area (Å²) in [7, 11) is 0. The highest BCUT2D eigenvalue weighted by Crippen LogP contribution is 2.09. The lowest BCUT2D eigenvalue weighted by Gasteiger charge is -2.34. The molecule has 21 heavy (non-hydrogen) atoms. The van der Waals surface area contributed by atoms with Crippen LogP contribution in [0, 0.1) is 0 Å². The number of aromatic nitrogens is 2. The third-order valence-electron chi connectivity index (χ3n) is 3.58. The van der Waals surface area contributed by atoms with Crippen LogP contribution in [0.2, 0.25) is 0 Å². The second kappa shape index (κ2) is 5.78. The van der Waals surface area contributed by atoms with Gasteiger partial charge in [0.05, 0.1) is 0 Å². The van der Waals surface area contributed by atoms with Crippen LogP contribution in [0.15, 0.2) is 49.1 Å². The predicted molar refractivity (Wildman–Crippen MR) is 76.9 cm³/mol. The van der Waals surface area contributed by atoms with E-state index in [-0.39, 0.29) is 11.9 Å². The molecule has 0 atom stereocenters. The zero-order valence-corrected chi connectivity index (χ0v) is 11.6. The van der Waals surface area contributed by atoms with E-state index < -0.39 is 0 Å². The molecular formula is C15H16N4O2. The number of imidazole rings is 1. The summed E-state index contributed by atoms with van der Waals surface area (Å²) in [6, 6.07) is 9.12. The molecule has 1 aliphatic rings. The summed E-state index contributed by atoms with van der Waals surface area (Å²) in [5.74, 6) is 0.0188. The highest BCUT2D eigenvalue weighted by Gasteiger charge is 2.25. The summed E-state index contributed by atoms with van der Waals surface area (Å²) >= 11 is 0. The van der Waals surface area contributed by atoms with E-state index in [1.54, 1.807) is 22.2 Å². The molecule has 6 heteroatoms. The number of rotatable bonds is 1. The van der Waals surface area contributed by atoms with E-state index in [1.165, 1.54) is 10.9 Å². The molecular weight excluding hydrogens is 268 g/mol. The molecule has 2 amide bonds. The fourth-order valence-corrected chi connectivity index (χ4v) is 2.40. The Kier molecular flexibility index (Phi) is 3.68. The highest BCUT2D eigenvalue weighted by molar-refractivity contribution is 5.94. The summed E-state index contributed by atoms with van der Waals surface area (Å²) in [5, 5.41) is 0. The molecule has 0 N–H and O–H groups in total. The van der Waals surface area contributed by atoms with Gasteiger partial charge in [0.1, 0.15) is 6.33 Å². The van der Waals surface area contributed by atoms with Crippen LogP contribution < -0.4 is 0 Å². The van der Waals surface area contributed by atoms with Gasteiger partial charge >= 0.3 is 6.03 Å². The molecule has 0 saturated carbocycles. The van der Waals surface area contributed by atoms with Gasteiger partial charge in [0.15, 0.2) is 0 Å². The van der Waals surface area contributed by atoms with Crippen LogP contribution in [0.3, 0.4) is 0 Å². The summed E-state index contributed by atoms with van der Waals surface area (Å²) in [4.78, 5) is 31.9. The number of carbonyl (C=O) groups excluding carboxylic acids is 2. The van der Waals surface area contributed by atoms with Crippen molar-refractivity contribution in [3.05, 3.63) is 54.6 Å². The average molecular weight is 284 g/mol. The number of piperazine rings is 1. The van der Waals surface area contributed by atoms with E-state index in [2.05, 4.69) is 4.98 Å². The van der Waals surface area contributed by atoms with Gasteiger partial charge in [-0.15, -0.1) is 0 Å². The Hall–Kier alpha value is -2.63. The molecule has 1 saturated heterocycles. The van der Waals surface area contributed by atoms with Crippen LogP contribution in [0.1, 0.15) is 10.4 Å². The largest absolute Gasteiger partial charge is 0.335 e. The van der Waals surface area contributed by atoms with Crippen LogP contribution in [0.5, 0.6) is 0 Å². The number of hydrogen-bond donors (Lipinski definition) is 0. The van der Waals surface area contributed by atoms with E-state index in [0.29, 0.717) is 31.7 Å². The lowest BCUT2D eigenvalue weighted by molar-refractivity contribution is 0.0666. The molecule has 0 aliphatic carbocycles. The first-order chi connectivity index (χ1) is 10.3. The maximum Gasteiger partial charge on any atom is 0.329 e. The Labute approximate surface area is 122 Å². The Bertz CT molecular complexity index is 616. The third-order valence-corrected chi connectivity index (χ3v) is 3.58. The number of hydrogen-bond acceptors (Lipinski definition) is 3. The zero-order chi connectivity index (χ0) is 14.7. The van der Waals surface area contributed by atoms with Crippen molar-refractivity contribution in [2.45, 2.75) is 0 Å². The second-order valence-corrected chi connectivity index (χ2v) is 4.90. The van der Waals surface area contributed by atoms with Gasteiger partial charge < -0.3 is 9.80 Å². The van der Waals surface area contributed by atoms with Gasteiger partial charge in [-0.1, -0.05) is 18.2 Å². The maximum atomic E-state index is 12.3. The number of amides is 2. The zero-order valence-electron chi connectivity index (χ0n) is 11.6. The molecule has 2 heterocycles. The van der Waals surface area contributed by atoms with E-state index in [0.717, 1.165) is 0 Å². The molecule has 3 rings (SSSR count). The predicted octanol–water partition coefficient (Wildman–Crippen LogP) is 1.31. The van der Waals surface area contributed by atoms with Crippen molar-refractivity contribution in [3.63, 3.8) is 0 Å². The molecule has 1 aromatic heterocycles. The van der Waals surface area contributed by atoms with Crippen LogP contribution in [-0.4, -0.2) is 57.5 Å². The van der Waals surface area contributed by atoms with Crippen LogP contribution >= 0.6 is 0 Å². The van der Waals surface area contributed by atoms with Crippen molar-refractivity contribution in [1.29, 1.82) is 0 Å². The van der Waals surface area contributed by atoms with E-state index in [4.69, 9.17) is 0 Å². The SMILES string of the molecule is O=C(c1ccccc1)N1CCN(C(=O)n2ccnc2)CC1. The molecule has 1 aliphatic heterocycles. The number of nitrogens with zero attached hydrogens (tertiary/aromatic N) is 4. The Morgan fingerprint density at radius 1 is 0.952 bits per heavy atom. The second-order valence-electron chi connectivity index (χ2n) is 4.90. The van der Waals surface area contributed by atoms with Gasteiger partial charge in [-0.25, -0.2) is 9.78 Å². The van der Waals surface area contributed by atoms with Crippen LogP contribution in [0.25, 0.3) is 0 Å². The summed E-state index contributed by atoms with van der Waals surface area (Å²) in [6.45, 7) is 2.17. The van der Waals surface area contributed by atoms with Crippen molar-refractivity contribution in [2.75, 3.05) is 26.2 Å². The van der Waals surface area contributed by atoms with Gasteiger partial charge in [-0.2, -0.15) is 0 Å². The Balaban J connectivity index is 1.60. The fourth-order valence-electron chi connectivity index (χ4n) is 2.40. The van der Waals surface area contributed by atoms with E-state index in [9.17, 15) is 9.59 Å². The molecule has 2 aromatic rings. The standard InChI is InChI=1S/C15H16N4O2/c20-14(13-4-2-1-3-5-13)17-8-10-18(11-9-17)15(21)19-7-6-16-12-19/h1-7,12H,8-11H2.